The van der Waals surface area contributed by atoms with Crippen LogP contribution in [0.4, 0.5) is 0 Å². The molecule has 1 aliphatic carbocycles. The number of hydrogen-bond donors (Lipinski definition) is 0. The van der Waals surface area contributed by atoms with E-state index in [0.717, 1.165) is 0 Å². The van der Waals surface area contributed by atoms with Crippen molar-refractivity contribution in [2.45, 2.75) is 5.92 Å². The first kappa shape index (κ1) is 14.8. The van der Waals surface area contributed by atoms with Crippen molar-refractivity contribution >= 4 is 21.5 Å². The molecule has 0 amide bonds. The lowest BCUT2D eigenvalue weighted by Crippen LogP contribution is -2.00. The second kappa shape index (κ2) is 5.56. The molecule has 0 N–H and O–H groups in total. The van der Waals surface area contributed by atoms with Gasteiger partial charge in [-0.3, -0.25) is 0 Å². The average molecular weight is 342 g/mol. The van der Waals surface area contributed by atoms with Gasteiger partial charge in [-0.15, -0.1) is 0 Å². The Morgan fingerprint density at radius 3 is 1.44 bits per heavy atom. The van der Waals surface area contributed by atoms with Crippen molar-refractivity contribution in [1.82, 2.24) is 0 Å². The normalized spacial score (nSPS) is 13.0. The van der Waals surface area contributed by atoms with E-state index in [4.69, 9.17) is 0 Å². The predicted octanol–water partition coefficient (Wildman–Crippen LogP) is 7.15. The van der Waals surface area contributed by atoms with Crippen molar-refractivity contribution in [1.29, 1.82) is 0 Å². The van der Waals surface area contributed by atoms with Gasteiger partial charge >= 0.3 is 0 Å². The van der Waals surface area contributed by atoms with Gasteiger partial charge in [-0.05, 0) is 49.4 Å². The van der Waals surface area contributed by atoms with Gasteiger partial charge in [0.25, 0.3) is 0 Å². The summed E-state index contributed by atoms with van der Waals surface area (Å²) < 4.78 is 0. The molecule has 1 aliphatic rings. The number of hydrogen-bond acceptors (Lipinski definition) is 0. The summed E-state index contributed by atoms with van der Waals surface area (Å²) in [6, 6.07) is 37.7. The van der Waals surface area contributed by atoms with Crippen LogP contribution in [0.5, 0.6) is 0 Å². The van der Waals surface area contributed by atoms with E-state index in [9.17, 15) is 0 Å². The van der Waals surface area contributed by atoms with Crippen molar-refractivity contribution in [2.75, 3.05) is 0 Å². The van der Waals surface area contributed by atoms with Crippen LogP contribution in [-0.2, 0) is 0 Å². The minimum atomic E-state index is 0.272. The first-order chi connectivity index (χ1) is 13.4. The van der Waals surface area contributed by atoms with Gasteiger partial charge in [0.05, 0.1) is 0 Å². The van der Waals surface area contributed by atoms with E-state index in [1.54, 1.807) is 0 Å². The molecule has 0 fully saturated rings. The molecule has 0 bridgehead atoms. The SMILES string of the molecule is c1ccc(C2c3c(ccc4ccccc34)-c3ccc4ccccc4c32)cc1. The van der Waals surface area contributed by atoms with Crippen LogP contribution in [0.3, 0.4) is 0 Å². The first-order valence-electron chi connectivity index (χ1n) is 9.50. The lowest BCUT2D eigenvalue weighted by molar-refractivity contribution is 1.04. The Morgan fingerprint density at radius 2 is 0.889 bits per heavy atom. The first-order valence-corrected chi connectivity index (χ1v) is 9.50. The third-order valence-electron chi connectivity index (χ3n) is 5.94. The Balaban J connectivity index is 1.80. The zero-order valence-electron chi connectivity index (χ0n) is 14.9. The van der Waals surface area contributed by atoms with Gasteiger partial charge < -0.3 is 0 Å². The van der Waals surface area contributed by atoms with E-state index >= 15 is 0 Å². The molecule has 5 aromatic carbocycles. The smallest absolute Gasteiger partial charge is 0.0364 e. The van der Waals surface area contributed by atoms with E-state index in [1.807, 2.05) is 0 Å². The number of rotatable bonds is 1. The molecule has 27 heavy (non-hydrogen) atoms. The topological polar surface area (TPSA) is 0 Å². The molecule has 0 radical (unpaired) electrons. The van der Waals surface area contributed by atoms with Gasteiger partial charge in [0.2, 0.25) is 0 Å². The van der Waals surface area contributed by atoms with Gasteiger partial charge in [-0.1, -0.05) is 103 Å². The van der Waals surface area contributed by atoms with Crippen molar-refractivity contribution in [3.8, 4) is 11.1 Å². The Morgan fingerprint density at radius 1 is 0.407 bits per heavy atom. The summed E-state index contributed by atoms with van der Waals surface area (Å²) in [6.45, 7) is 0. The minimum absolute atomic E-state index is 0.272. The van der Waals surface area contributed by atoms with Crippen LogP contribution in [0, 0.1) is 0 Å². The molecule has 0 spiro atoms. The second-order valence-electron chi connectivity index (χ2n) is 7.34. The standard InChI is InChI=1S/C27H18/c1-2-10-20(11-3-1)25-26-21-12-6-4-8-18(21)14-16-23(26)24-17-15-19-9-5-7-13-22(19)27(24)25/h1-17,25H. The van der Waals surface area contributed by atoms with Gasteiger partial charge in [0.1, 0.15) is 0 Å². The highest BCUT2D eigenvalue weighted by Crippen LogP contribution is 2.52. The molecule has 0 saturated heterocycles. The van der Waals surface area contributed by atoms with Crippen LogP contribution in [0.15, 0.2) is 103 Å². The Kier molecular flexibility index (Phi) is 3.04. The fourth-order valence-corrected chi connectivity index (χ4v) is 4.81. The Labute approximate surface area is 158 Å². The summed E-state index contributed by atoms with van der Waals surface area (Å²) in [5.41, 5.74) is 7.02. The highest BCUT2D eigenvalue weighted by molar-refractivity contribution is 6.03. The lowest BCUT2D eigenvalue weighted by atomic mass is 9.85. The third-order valence-corrected chi connectivity index (χ3v) is 5.94. The van der Waals surface area contributed by atoms with Crippen LogP contribution >= 0.6 is 0 Å². The number of benzene rings is 5. The van der Waals surface area contributed by atoms with Crippen LogP contribution in [-0.4, -0.2) is 0 Å². The zero-order chi connectivity index (χ0) is 17.8. The van der Waals surface area contributed by atoms with Crippen molar-refractivity contribution in [3.63, 3.8) is 0 Å². The van der Waals surface area contributed by atoms with Crippen LogP contribution < -0.4 is 0 Å². The summed E-state index contributed by atoms with van der Waals surface area (Å²) >= 11 is 0. The minimum Gasteiger partial charge on any atom is -0.0622 e. The summed E-state index contributed by atoms with van der Waals surface area (Å²) in [6.07, 6.45) is 0. The molecule has 0 saturated carbocycles. The molecule has 0 heteroatoms. The van der Waals surface area contributed by atoms with E-state index in [-0.39, 0.29) is 5.92 Å². The van der Waals surface area contributed by atoms with Crippen LogP contribution in [0.1, 0.15) is 22.6 Å². The second-order valence-corrected chi connectivity index (χ2v) is 7.34. The molecule has 0 unspecified atom stereocenters. The van der Waals surface area contributed by atoms with Gasteiger partial charge in [-0.25, -0.2) is 0 Å². The fourth-order valence-electron chi connectivity index (χ4n) is 4.81. The van der Waals surface area contributed by atoms with E-state index in [1.165, 1.54) is 49.4 Å². The number of fused-ring (bicyclic) bond motifs is 7. The molecular weight excluding hydrogens is 324 g/mol. The highest BCUT2D eigenvalue weighted by atomic mass is 14.3. The maximum atomic E-state index is 2.31. The predicted molar refractivity (Wildman–Crippen MR) is 114 cm³/mol. The van der Waals surface area contributed by atoms with Crippen molar-refractivity contribution in [3.05, 3.63) is 120 Å². The van der Waals surface area contributed by atoms with Crippen molar-refractivity contribution < 1.29 is 0 Å². The Bertz CT molecular complexity index is 1230. The molecule has 126 valence electrons. The van der Waals surface area contributed by atoms with E-state index in [0.29, 0.717) is 0 Å². The fraction of sp³-hybridized carbons (Fsp3) is 0.0370. The molecule has 0 nitrogen and oxygen atoms in total. The van der Waals surface area contributed by atoms with Crippen molar-refractivity contribution in [2.24, 2.45) is 0 Å². The molecular formula is C27H18. The Hall–Kier alpha value is -3.38. The van der Waals surface area contributed by atoms with Crippen LogP contribution in [0.25, 0.3) is 32.7 Å². The maximum Gasteiger partial charge on any atom is 0.0364 e. The lowest BCUT2D eigenvalue weighted by Gasteiger charge is -2.18. The summed E-state index contributed by atoms with van der Waals surface area (Å²) in [5.74, 6) is 0.272. The van der Waals surface area contributed by atoms with E-state index < -0.39 is 0 Å². The average Bonchev–Trinajstić information content (AvgIpc) is 3.10. The molecule has 5 aromatic rings. The molecule has 0 heterocycles. The van der Waals surface area contributed by atoms with Gasteiger partial charge in [-0.2, -0.15) is 0 Å². The molecule has 6 rings (SSSR count). The van der Waals surface area contributed by atoms with Gasteiger partial charge in [0, 0.05) is 5.92 Å². The van der Waals surface area contributed by atoms with Gasteiger partial charge in [0.15, 0.2) is 0 Å². The molecule has 0 aromatic heterocycles. The quantitative estimate of drug-likeness (QED) is 0.297. The third kappa shape index (κ3) is 2.04. The summed E-state index contributed by atoms with van der Waals surface area (Å²) in [4.78, 5) is 0. The van der Waals surface area contributed by atoms with E-state index in [2.05, 4.69) is 103 Å². The van der Waals surface area contributed by atoms with Crippen LogP contribution in [0.2, 0.25) is 0 Å². The highest BCUT2D eigenvalue weighted by Gasteiger charge is 2.32. The zero-order valence-corrected chi connectivity index (χ0v) is 14.9. The molecule has 0 atom stereocenters. The summed E-state index contributed by atoms with van der Waals surface area (Å²) in [5, 5.41) is 5.36. The monoisotopic (exact) mass is 342 g/mol. The summed E-state index contributed by atoms with van der Waals surface area (Å²) in [7, 11) is 0. The molecule has 0 aliphatic heterocycles. The largest absolute Gasteiger partial charge is 0.0622 e. The maximum absolute atomic E-state index is 2.31.